The van der Waals surface area contributed by atoms with Crippen molar-refractivity contribution in [3.8, 4) is 0 Å². The zero-order valence-corrected chi connectivity index (χ0v) is 9.61. The Labute approximate surface area is 102 Å². The number of carboxylic acid groups (broad SMARTS) is 1. The number of carbonyl (C=O) groups is 2. The van der Waals surface area contributed by atoms with Gasteiger partial charge in [0.05, 0.1) is 11.1 Å². The molecule has 1 aromatic rings. The molecule has 0 aliphatic heterocycles. The van der Waals surface area contributed by atoms with Crippen LogP contribution in [0.15, 0.2) is 12.1 Å². The largest absolute Gasteiger partial charge is 0.465 e. The lowest BCUT2D eigenvalue weighted by atomic mass is 10.0. The lowest BCUT2D eigenvalue weighted by Gasteiger charge is -2.26. The van der Waals surface area contributed by atoms with Crippen LogP contribution in [0, 0.1) is 11.6 Å². The molecule has 1 fully saturated rings. The van der Waals surface area contributed by atoms with Gasteiger partial charge in [0.15, 0.2) is 6.29 Å². The Morgan fingerprint density at radius 1 is 1.39 bits per heavy atom. The van der Waals surface area contributed by atoms with E-state index in [2.05, 4.69) is 0 Å². The second-order valence-electron chi connectivity index (χ2n) is 4.34. The minimum atomic E-state index is -1.16. The molecule has 0 aromatic heterocycles. The molecule has 1 aliphatic rings. The number of hydrogen-bond acceptors (Lipinski definition) is 2. The van der Waals surface area contributed by atoms with E-state index in [-0.39, 0.29) is 11.8 Å². The van der Waals surface area contributed by atoms with Gasteiger partial charge >= 0.3 is 6.09 Å². The number of aldehydes is 1. The van der Waals surface area contributed by atoms with Crippen LogP contribution in [-0.2, 0) is 5.54 Å². The number of amides is 1. The molecule has 0 bridgehead atoms. The first-order valence-corrected chi connectivity index (χ1v) is 5.34. The summed E-state index contributed by atoms with van der Waals surface area (Å²) in [6, 6.07) is 2.05. The van der Waals surface area contributed by atoms with E-state index in [4.69, 9.17) is 5.11 Å². The normalized spacial score (nSPS) is 16.2. The molecule has 0 spiro atoms. The SMILES string of the molecule is CN(C(=O)O)C1(c2cc(F)c(C=O)c(F)c2)CC1. The first-order valence-electron chi connectivity index (χ1n) is 5.34. The molecule has 6 heteroatoms. The molecule has 2 rings (SSSR count). The maximum absolute atomic E-state index is 13.5. The monoisotopic (exact) mass is 255 g/mol. The molecular weight excluding hydrogens is 244 g/mol. The molecular formula is C12H11F2NO3. The Balaban J connectivity index is 2.47. The maximum Gasteiger partial charge on any atom is 0.407 e. The van der Waals surface area contributed by atoms with Crippen molar-refractivity contribution in [2.45, 2.75) is 18.4 Å². The molecule has 1 saturated carbocycles. The Morgan fingerprint density at radius 2 is 1.89 bits per heavy atom. The molecule has 0 saturated heterocycles. The second-order valence-corrected chi connectivity index (χ2v) is 4.34. The summed E-state index contributed by atoms with van der Waals surface area (Å²) < 4.78 is 27.0. The van der Waals surface area contributed by atoms with Crippen LogP contribution < -0.4 is 0 Å². The summed E-state index contributed by atoms with van der Waals surface area (Å²) in [4.78, 5) is 22.5. The van der Waals surface area contributed by atoms with E-state index in [1.807, 2.05) is 0 Å². The van der Waals surface area contributed by atoms with E-state index in [1.54, 1.807) is 0 Å². The summed E-state index contributed by atoms with van der Waals surface area (Å²) in [6.07, 6.45) is -0.0353. The van der Waals surface area contributed by atoms with Crippen LogP contribution in [0.25, 0.3) is 0 Å². The van der Waals surface area contributed by atoms with Gasteiger partial charge in [-0.05, 0) is 30.5 Å². The third kappa shape index (κ3) is 1.73. The molecule has 1 aromatic carbocycles. The standard InChI is InChI=1S/C12H11F2NO3/c1-15(11(17)18)12(2-3-12)7-4-9(13)8(6-16)10(14)5-7/h4-6H,2-3H2,1H3,(H,17,18). The summed E-state index contributed by atoms with van der Waals surface area (Å²) >= 11 is 0. The predicted molar refractivity (Wildman–Crippen MR) is 58.4 cm³/mol. The van der Waals surface area contributed by atoms with Crippen molar-refractivity contribution in [1.29, 1.82) is 0 Å². The Hall–Kier alpha value is -1.98. The van der Waals surface area contributed by atoms with Crippen molar-refractivity contribution in [3.63, 3.8) is 0 Å². The molecule has 1 amide bonds. The molecule has 96 valence electrons. The van der Waals surface area contributed by atoms with Crippen molar-refractivity contribution < 1.29 is 23.5 Å². The number of rotatable bonds is 3. The van der Waals surface area contributed by atoms with E-state index < -0.39 is 28.8 Å². The van der Waals surface area contributed by atoms with Crippen molar-refractivity contribution in [2.24, 2.45) is 0 Å². The quantitative estimate of drug-likeness (QED) is 0.843. The average molecular weight is 255 g/mol. The van der Waals surface area contributed by atoms with Crippen LogP contribution in [0.3, 0.4) is 0 Å². The van der Waals surface area contributed by atoms with Crippen LogP contribution >= 0.6 is 0 Å². The molecule has 18 heavy (non-hydrogen) atoms. The van der Waals surface area contributed by atoms with Gasteiger partial charge in [0.2, 0.25) is 0 Å². The van der Waals surface area contributed by atoms with Gasteiger partial charge in [-0.3, -0.25) is 4.79 Å². The molecule has 0 unspecified atom stereocenters. The number of carbonyl (C=O) groups excluding carboxylic acids is 1. The fourth-order valence-electron chi connectivity index (χ4n) is 2.08. The smallest absolute Gasteiger partial charge is 0.407 e. The van der Waals surface area contributed by atoms with Gasteiger partial charge in [-0.1, -0.05) is 0 Å². The van der Waals surface area contributed by atoms with Crippen molar-refractivity contribution in [2.75, 3.05) is 7.05 Å². The van der Waals surface area contributed by atoms with Crippen molar-refractivity contribution >= 4 is 12.4 Å². The Bertz CT molecular complexity index is 503. The maximum atomic E-state index is 13.5. The van der Waals surface area contributed by atoms with Crippen LogP contribution in [0.1, 0.15) is 28.8 Å². The van der Waals surface area contributed by atoms with Gasteiger partial charge in [0, 0.05) is 7.05 Å². The van der Waals surface area contributed by atoms with Crippen molar-refractivity contribution in [3.05, 3.63) is 34.9 Å². The van der Waals surface area contributed by atoms with Crippen LogP contribution in [0.2, 0.25) is 0 Å². The highest BCUT2D eigenvalue weighted by Gasteiger charge is 2.50. The van der Waals surface area contributed by atoms with Crippen molar-refractivity contribution in [1.82, 2.24) is 4.90 Å². The van der Waals surface area contributed by atoms with Gasteiger partial charge in [0.25, 0.3) is 0 Å². The Kier molecular flexibility index (Phi) is 2.80. The highest BCUT2D eigenvalue weighted by Crippen LogP contribution is 2.50. The van der Waals surface area contributed by atoms with Crippen LogP contribution in [-0.4, -0.2) is 29.4 Å². The minimum absolute atomic E-state index is 0.106. The number of hydrogen-bond donors (Lipinski definition) is 1. The molecule has 0 radical (unpaired) electrons. The fourth-order valence-corrected chi connectivity index (χ4v) is 2.08. The van der Waals surface area contributed by atoms with E-state index in [1.165, 1.54) is 7.05 Å². The number of benzene rings is 1. The zero-order valence-electron chi connectivity index (χ0n) is 9.61. The molecule has 1 N–H and O–H groups in total. The lowest BCUT2D eigenvalue weighted by molar-refractivity contribution is 0.111. The zero-order chi connectivity index (χ0) is 13.5. The first kappa shape index (κ1) is 12.5. The van der Waals surface area contributed by atoms with Gasteiger partial charge in [0.1, 0.15) is 11.6 Å². The molecule has 4 nitrogen and oxygen atoms in total. The summed E-state index contributed by atoms with van der Waals surface area (Å²) in [5.41, 5.74) is -1.25. The number of halogens is 2. The van der Waals surface area contributed by atoms with E-state index in [0.29, 0.717) is 12.8 Å². The number of nitrogens with zero attached hydrogens (tertiary/aromatic N) is 1. The Morgan fingerprint density at radius 3 is 2.22 bits per heavy atom. The van der Waals surface area contributed by atoms with Crippen LogP contribution in [0.4, 0.5) is 13.6 Å². The summed E-state index contributed by atoms with van der Waals surface area (Å²) in [7, 11) is 1.36. The van der Waals surface area contributed by atoms with E-state index >= 15 is 0 Å². The second kappa shape index (κ2) is 4.04. The van der Waals surface area contributed by atoms with Crippen LogP contribution in [0.5, 0.6) is 0 Å². The van der Waals surface area contributed by atoms with Gasteiger partial charge in [-0.2, -0.15) is 0 Å². The minimum Gasteiger partial charge on any atom is -0.465 e. The summed E-state index contributed by atoms with van der Waals surface area (Å²) in [5, 5.41) is 8.94. The van der Waals surface area contributed by atoms with Gasteiger partial charge in [-0.25, -0.2) is 13.6 Å². The summed E-state index contributed by atoms with van der Waals surface area (Å²) in [6.45, 7) is 0. The fraction of sp³-hybridized carbons (Fsp3) is 0.333. The third-order valence-corrected chi connectivity index (χ3v) is 3.39. The van der Waals surface area contributed by atoms with E-state index in [0.717, 1.165) is 17.0 Å². The predicted octanol–water partition coefficient (Wildman–Crippen LogP) is 2.38. The third-order valence-electron chi connectivity index (χ3n) is 3.39. The highest BCUT2D eigenvalue weighted by atomic mass is 19.1. The average Bonchev–Trinajstić information content (AvgIpc) is 3.08. The van der Waals surface area contributed by atoms with E-state index in [9.17, 15) is 18.4 Å². The molecule has 0 atom stereocenters. The van der Waals surface area contributed by atoms with Gasteiger partial charge < -0.3 is 10.0 Å². The summed E-state index contributed by atoms with van der Waals surface area (Å²) in [5.74, 6) is -1.94. The lowest BCUT2D eigenvalue weighted by Crippen LogP contribution is -2.36. The molecule has 1 aliphatic carbocycles. The van der Waals surface area contributed by atoms with Gasteiger partial charge in [-0.15, -0.1) is 0 Å². The highest BCUT2D eigenvalue weighted by molar-refractivity contribution is 5.76. The molecule has 0 heterocycles. The topological polar surface area (TPSA) is 57.6 Å². The first-order chi connectivity index (χ1) is 8.42.